The predicted octanol–water partition coefficient (Wildman–Crippen LogP) is 2.59. The first-order valence-corrected chi connectivity index (χ1v) is 6.65. The molecule has 0 bridgehead atoms. The molecule has 1 aromatic rings. The van der Waals surface area contributed by atoms with Crippen LogP contribution in [-0.4, -0.2) is 17.6 Å². The quantitative estimate of drug-likeness (QED) is 0.223. The zero-order valence-electron chi connectivity index (χ0n) is 11.3. The second kappa shape index (κ2) is 8.48. The van der Waals surface area contributed by atoms with Gasteiger partial charge in [-0.1, -0.05) is 31.3 Å². The van der Waals surface area contributed by atoms with Crippen LogP contribution in [0.3, 0.4) is 0 Å². The van der Waals surface area contributed by atoms with Crippen molar-refractivity contribution < 1.29 is 9.60 Å². The summed E-state index contributed by atoms with van der Waals surface area (Å²) in [5.74, 6) is -0.462. The number of oxime groups is 1. The van der Waals surface area contributed by atoms with Crippen LogP contribution < -0.4 is 11.1 Å². The summed E-state index contributed by atoms with van der Waals surface area (Å²) in [6, 6.07) is 4.42. The van der Waals surface area contributed by atoms with E-state index in [2.05, 4.69) is 17.4 Å². The van der Waals surface area contributed by atoms with Gasteiger partial charge in [0.25, 0.3) is 0 Å². The Hall–Kier alpha value is -1.62. The normalized spacial score (nSPS) is 11.8. The molecular formula is C14H22FN3O. The van der Waals surface area contributed by atoms with E-state index in [0.717, 1.165) is 18.5 Å². The Labute approximate surface area is 113 Å². The molecule has 0 amide bonds. The van der Waals surface area contributed by atoms with Crippen LogP contribution in [-0.2, 0) is 6.54 Å². The minimum Gasteiger partial charge on any atom is -0.409 e. The average Bonchev–Trinajstić information content (AvgIpc) is 2.41. The number of amidine groups is 1. The lowest BCUT2D eigenvalue weighted by atomic mass is 10.1. The van der Waals surface area contributed by atoms with Crippen LogP contribution in [0.4, 0.5) is 4.39 Å². The van der Waals surface area contributed by atoms with Crippen LogP contribution in [0.5, 0.6) is 0 Å². The first-order valence-electron chi connectivity index (χ1n) is 6.65. The lowest BCUT2D eigenvalue weighted by molar-refractivity contribution is 0.318. The highest BCUT2D eigenvalue weighted by Gasteiger charge is 2.04. The Balaban J connectivity index is 2.47. The molecule has 0 aromatic heterocycles. The number of rotatable bonds is 8. The SMILES string of the molecule is CCCCCCNCc1cc(F)cc(/C(N)=N/O)c1. The monoisotopic (exact) mass is 267 g/mol. The number of nitrogens with one attached hydrogen (secondary N) is 1. The molecule has 0 radical (unpaired) electrons. The van der Waals surface area contributed by atoms with Gasteiger partial charge in [-0.15, -0.1) is 0 Å². The summed E-state index contributed by atoms with van der Waals surface area (Å²) in [5, 5.41) is 14.7. The van der Waals surface area contributed by atoms with Crippen molar-refractivity contribution in [2.24, 2.45) is 10.9 Å². The van der Waals surface area contributed by atoms with Crippen molar-refractivity contribution in [2.75, 3.05) is 6.54 Å². The van der Waals surface area contributed by atoms with Gasteiger partial charge in [-0.2, -0.15) is 0 Å². The molecule has 1 aromatic carbocycles. The minimum atomic E-state index is -0.383. The molecule has 106 valence electrons. The van der Waals surface area contributed by atoms with Gasteiger partial charge in [0.15, 0.2) is 5.84 Å². The third-order valence-corrected chi connectivity index (χ3v) is 2.90. The van der Waals surface area contributed by atoms with Crippen LogP contribution >= 0.6 is 0 Å². The number of nitrogens with zero attached hydrogens (tertiary/aromatic N) is 1. The van der Waals surface area contributed by atoms with Gasteiger partial charge in [-0.3, -0.25) is 0 Å². The molecule has 0 unspecified atom stereocenters. The molecule has 0 spiro atoms. The molecule has 0 atom stereocenters. The van der Waals surface area contributed by atoms with Crippen LogP contribution in [0, 0.1) is 5.82 Å². The second-order valence-electron chi connectivity index (χ2n) is 4.57. The molecule has 0 aliphatic rings. The molecule has 19 heavy (non-hydrogen) atoms. The molecule has 0 fully saturated rings. The zero-order chi connectivity index (χ0) is 14.1. The van der Waals surface area contributed by atoms with Crippen molar-refractivity contribution in [3.05, 3.63) is 35.1 Å². The van der Waals surface area contributed by atoms with Gasteiger partial charge in [-0.05, 0) is 36.7 Å². The molecule has 5 heteroatoms. The fourth-order valence-corrected chi connectivity index (χ4v) is 1.87. The third kappa shape index (κ3) is 5.70. The van der Waals surface area contributed by atoms with Crippen LogP contribution in [0.2, 0.25) is 0 Å². The predicted molar refractivity (Wildman–Crippen MR) is 74.8 cm³/mol. The van der Waals surface area contributed by atoms with Crippen molar-refractivity contribution in [1.29, 1.82) is 0 Å². The van der Waals surface area contributed by atoms with Crippen LogP contribution in [0.1, 0.15) is 43.7 Å². The number of hydrogen-bond acceptors (Lipinski definition) is 3. The molecule has 0 aliphatic carbocycles. The van der Waals surface area contributed by atoms with Crippen molar-refractivity contribution >= 4 is 5.84 Å². The topological polar surface area (TPSA) is 70.6 Å². The summed E-state index contributed by atoms with van der Waals surface area (Å²) in [4.78, 5) is 0. The first kappa shape index (κ1) is 15.4. The van der Waals surface area contributed by atoms with E-state index in [1.807, 2.05) is 0 Å². The molecule has 4 nitrogen and oxygen atoms in total. The van der Waals surface area contributed by atoms with Gasteiger partial charge < -0.3 is 16.3 Å². The zero-order valence-corrected chi connectivity index (χ0v) is 11.3. The van der Waals surface area contributed by atoms with E-state index >= 15 is 0 Å². The third-order valence-electron chi connectivity index (χ3n) is 2.90. The van der Waals surface area contributed by atoms with Gasteiger partial charge in [0.2, 0.25) is 0 Å². The van der Waals surface area contributed by atoms with E-state index in [1.54, 1.807) is 6.07 Å². The average molecular weight is 267 g/mol. The lowest BCUT2D eigenvalue weighted by Crippen LogP contribution is -2.17. The summed E-state index contributed by atoms with van der Waals surface area (Å²) in [5.41, 5.74) is 6.64. The van der Waals surface area contributed by atoms with Gasteiger partial charge >= 0.3 is 0 Å². The summed E-state index contributed by atoms with van der Waals surface area (Å²) in [7, 11) is 0. The summed E-state index contributed by atoms with van der Waals surface area (Å²) in [6.45, 7) is 3.67. The second-order valence-corrected chi connectivity index (χ2v) is 4.57. The maximum atomic E-state index is 13.4. The summed E-state index contributed by atoms with van der Waals surface area (Å²) >= 11 is 0. The largest absolute Gasteiger partial charge is 0.409 e. The standard InChI is InChI=1S/C14H22FN3O/c1-2-3-4-5-6-17-10-11-7-12(14(16)18-19)9-13(15)8-11/h7-9,17,19H,2-6,10H2,1H3,(H2,16,18). The maximum absolute atomic E-state index is 13.4. The molecule has 0 saturated carbocycles. The van der Waals surface area contributed by atoms with Crippen LogP contribution in [0.15, 0.2) is 23.4 Å². The summed E-state index contributed by atoms with van der Waals surface area (Å²) < 4.78 is 13.4. The molecule has 1 rings (SSSR count). The lowest BCUT2D eigenvalue weighted by Gasteiger charge is -2.07. The maximum Gasteiger partial charge on any atom is 0.170 e. The highest BCUT2D eigenvalue weighted by Crippen LogP contribution is 2.09. The van der Waals surface area contributed by atoms with Crippen molar-refractivity contribution in [2.45, 2.75) is 39.2 Å². The van der Waals surface area contributed by atoms with Gasteiger partial charge in [0.05, 0.1) is 0 Å². The van der Waals surface area contributed by atoms with E-state index < -0.39 is 0 Å². The fraction of sp³-hybridized carbons (Fsp3) is 0.500. The minimum absolute atomic E-state index is 0.0799. The number of halogens is 1. The Morgan fingerprint density at radius 3 is 2.79 bits per heavy atom. The van der Waals surface area contributed by atoms with Gasteiger partial charge in [0, 0.05) is 12.1 Å². The van der Waals surface area contributed by atoms with Crippen LogP contribution in [0.25, 0.3) is 0 Å². The molecule has 0 heterocycles. The Kier molecular flexibility index (Phi) is 6.89. The molecule has 0 saturated heterocycles. The first-order chi connectivity index (χ1) is 9.17. The highest BCUT2D eigenvalue weighted by atomic mass is 19.1. The highest BCUT2D eigenvalue weighted by molar-refractivity contribution is 5.97. The van der Waals surface area contributed by atoms with E-state index in [0.29, 0.717) is 12.1 Å². The number of nitrogens with two attached hydrogens (primary N) is 1. The smallest absolute Gasteiger partial charge is 0.170 e. The van der Waals surface area contributed by atoms with E-state index in [1.165, 1.54) is 31.4 Å². The van der Waals surface area contributed by atoms with Crippen molar-refractivity contribution in [1.82, 2.24) is 5.32 Å². The van der Waals surface area contributed by atoms with Gasteiger partial charge in [-0.25, -0.2) is 4.39 Å². The Bertz CT molecular complexity index is 421. The number of hydrogen-bond donors (Lipinski definition) is 3. The van der Waals surface area contributed by atoms with Crippen molar-refractivity contribution in [3.63, 3.8) is 0 Å². The van der Waals surface area contributed by atoms with Gasteiger partial charge in [0.1, 0.15) is 5.82 Å². The number of unbranched alkanes of at least 4 members (excludes halogenated alkanes) is 3. The molecule has 0 aliphatic heterocycles. The Morgan fingerprint density at radius 2 is 2.11 bits per heavy atom. The molecular weight excluding hydrogens is 245 g/mol. The van der Waals surface area contributed by atoms with E-state index in [4.69, 9.17) is 10.9 Å². The van der Waals surface area contributed by atoms with E-state index in [-0.39, 0.29) is 11.7 Å². The summed E-state index contributed by atoms with van der Waals surface area (Å²) in [6.07, 6.45) is 4.79. The molecule has 4 N–H and O–H groups in total. The number of benzene rings is 1. The Morgan fingerprint density at radius 1 is 1.32 bits per heavy atom. The van der Waals surface area contributed by atoms with Crippen molar-refractivity contribution in [3.8, 4) is 0 Å². The van der Waals surface area contributed by atoms with E-state index in [9.17, 15) is 4.39 Å². The fourth-order valence-electron chi connectivity index (χ4n) is 1.87.